The second-order valence-corrected chi connectivity index (χ2v) is 5.09. The normalized spacial score (nSPS) is 10.8. The summed E-state index contributed by atoms with van der Waals surface area (Å²) in [7, 11) is 0. The van der Waals surface area contributed by atoms with E-state index in [1.165, 1.54) is 0 Å². The van der Waals surface area contributed by atoms with Crippen molar-refractivity contribution < 1.29 is 24.2 Å². The number of rotatable bonds is 10. The predicted octanol–water partition coefficient (Wildman–Crippen LogP) is 1.99. The first kappa shape index (κ1) is 19.7. The van der Waals surface area contributed by atoms with E-state index in [1.807, 2.05) is 0 Å². The lowest BCUT2D eigenvalue weighted by Gasteiger charge is -2.10. The van der Waals surface area contributed by atoms with Crippen LogP contribution in [0.3, 0.4) is 0 Å². The van der Waals surface area contributed by atoms with Crippen molar-refractivity contribution in [3.63, 3.8) is 0 Å². The van der Waals surface area contributed by atoms with Gasteiger partial charge < -0.3 is 15.2 Å². The second kappa shape index (κ2) is 10.5. The van der Waals surface area contributed by atoms with E-state index in [2.05, 4.69) is 11.2 Å². The molecular formula is C18H18N2O5. The molecule has 0 aliphatic carbocycles. The van der Waals surface area contributed by atoms with E-state index in [1.54, 1.807) is 30.3 Å². The van der Waals surface area contributed by atoms with Gasteiger partial charge in [-0.25, -0.2) is 0 Å². The Hall–Kier alpha value is -3.32. The van der Waals surface area contributed by atoms with Crippen LogP contribution in [-0.2, 0) is 14.4 Å². The molecule has 130 valence electrons. The van der Waals surface area contributed by atoms with Gasteiger partial charge in [0.05, 0.1) is 12.7 Å². The van der Waals surface area contributed by atoms with E-state index in [0.29, 0.717) is 17.9 Å². The Kier molecular flexibility index (Phi) is 8.25. The molecule has 0 aliphatic rings. The predicted molar refractivity (Wildman–Crippen MR) is 89.6 cm³/mol. The molecule has 0 saturated carbocycles. The molecule has 0 aliphatic heterocycles. The lowest BCUT2D eigenvalue weighted by atomic mass is 10.0. The van der Waals surface area contributed by atoms with Gasteiger partial charge in [-0.15, -0.1) is 12.3 Å². The minimum atomic E-state index is -1.40. The van der Waals surface area contributed by atoms with Gasteiger partial charge in [-0.1, -0.05) is 0 Å². The fraction of sp³-hybridized carbons (Fsp3) is 0.333. The van der Waals surface area contributed by atoms with Crippen LogP contribution >= 0.6 is 0 Å². The fourth-order valence-corrected chi connectivity index (χ4v) is 1.88. The zero-order valence-electron chi connectivity index (χ0n) is 13.5. The molecule has 0 aromatic heterocycles. The molecule has 1 rings (SSSR count). The molecule has 7 heteroatoms. The molecule has 0 bridgehead atoms. The van der Waals surface area contributed by atoms with Crippen LogP contribution in [0.1, 0.15) is 25.7 Å². The van der Waals surface area contributed by atoms with Crippen LogP contribution in [0.25, 0.3) is 0 Å². The van der Waals surface area contributed by atoms with Crippen LogP contribution in [0.2, 0.25) is 0 Å². The first-order valence-electron chi connectivity index (χ1n) is 7.59. The number of benzene rings is 1. The molecule has 0 heterocycles. The Labute approximate surface area is 145 Å². The van der Waals surface area contributed by atoms with Gasteiger partial charge in [0.2, 0.25) is 5.91 Å². The van der Waals surface area contributed by atoms with E-state index in [4.69, 9.17) is 21.5 Å². The second-order valence-electron chi connectivity index (χ2n) is 5.09. The van der Waals surface area contributed by atoms with Crippen LogP contribution in [-0.4, -0.2) is 29.4 Å². The lowest BCUT2D eigenvalue weighted by molar-refractivity contribution is -0.137. The SMILES string of the molecule is C#CCCC(=O)C(C#N)C(=O)Nc1ccc(OCCCC(=O)O)cc1. The summed E-state index contributed by atoms with van der Waals surface area (Å²) in [5.74, 6) is -0.702. The molecule has 1 amide bonds. The maximum absolute atomic E-state index is 12.0. The van der Waals surface area contributed by atoms with Crippen LogP contribution in [0, 0.1) is 29.6 Å². The third-order valence-electron chi connectivity index (χ3n) is 3.15. The monoisotopic (exact) mass is 342 g/mol. The number of Topliss-reactive ketones (excluding diaryl/α,β-unsaturated/α-hetero) is 1. The summed E-state index contributed by atoms with van der Waals surface area (Å²) in [5, 5.41) is 20.0. The molecule has 1 aromatic carbocycles. The molecule has 2 N–H and O–H groups in total. The van der Waals surface area contributed by atoms with Gasteiger partial charge in [0.25, 0.3) is 0 Å². The number of carbonyl (C=O) groups is 3. The number of nitrogens with zero attached hydrogens (tertiary/aromatic N) is 1. The summed E-state index contributed by atoms with van der Waals surface area (Å²) in [6.07, 6.45) is 5.63. The number of anilines is 1. The van der Waals surface area contributed by atoms with E-state index < -0.39 is 23.6 Å². The van der Waals surface area contributed by atoms with Crippen LogP contribution in [0.4, 0.5) is 5.69 Å². The number of carboxylic acids is 1. The Morgan fingerprint density at radius 3 is 2.48 bits per heavy atom. The summed E-state index contributed by atoms with van der Waals surface area (Å²) >= 11 is 0. The van der Waals surface area contributed by atoms with Crippen molar-refractivity contribution in [3.05, 3.63) is 24.3 Å². The largest absolute Gasteiger partial charge is 0.494 e. The topological polar surface area (TPSA) is 116 Å². The molecule has 7 nitrogen and oxygen atoms in total. The smallest absolute Gasteiger partial charge is 0.303 e. The number of amides is 1. The van der Waals surface area contributed by atoms with E-state index >= 15 is 0 Å². The van der Waals surface area contributed by atoms with Gasteiger partial charge in [0.15, 0.2) is 11.7 Å². The number of terminal acetylenes is 1. The number of nitrogens with one attached hydrogen (secondary N) is 1. The van der Waals surface area contributed by atoms with Crippen molar-refractivity contribution in [2.45, 2.75) is 25.7 Å². The van der Waals surface area contributed by atoms with Crippen LogP contribution < -0.4 is 10.1 Å². The average molecular weight is 342 g/mol. The molecule has 1 aromatic rings. The quantitative estimate of drug-likeness (QED) is 0.381. The van der Waals surface area contributed by atoms with Crippen LogP contribution in [0.5, 0.6) is 5.75 Å². The van der Waals surface area contributed by atoms with Gasteiger partial charge >= 0.3 is 5.97 Å². The highest BCUT2D eigenvalue weighted by Crippen LogP contribution is 2.17. The summed E-state index contributed by atoms with van der Waals surface area (Å²) in [6, 6.07) is 7.99. The number of ether oxygens (including phenoxy) is 1. The van der Waals surface area contributed by atoms with Crippen molar-refractivity contribution in [1.82, 2.24) is 0 Å². The van der Waals surface area contributed by atoms with Gasteiger partial charge in [-0.2, -0.15) is 5.26 Å². The molecule has 25 heavy (non-hydrogen) atoms. The van der Waals surface area contributed by atoms with Gasteiger partial charge in [0, 0.05) is 24.9 Å². The minimum Gasteiger partial charge on any atom is -0.494 e. The zero-order chi connectivity index (χ0) is 18.7. The van der Waals surface area contributed by atoms with Gasteiger partial charge in [-0.3, -0.25) is 14.4 Å². The molecular weight excluding hydrogens is 324 g/mol. The lowest BCUT2D eigenvalue weighted by Crippen LogP contribution is -2.28. The number of carboxylic acid groups (broad SMARTS) is 1. The van der Waals surface area contributed by atoms with Gasteiger partial charge in [0.1, 0.15) is 5.75 Å². The standard InChI is InChI=1S/C18H18N2O5/c1-2-3-5-16(21)15(12-19)18(24)20-13-7-9-14(10-8-13)25-11-4-6-17(22)23/h1,7-10,15H,3-6,11H2,(H,20,24)(H,22,23). The average Bonchev–Trinajstić information content (AvgIpc) is 2.58. The highest BCUT2D eigenvalue weighted by Gasteiger charge is 2.25. The molecule has 0 saturated heterocycles. The van der Waals surface area contributed by atoms with Crippen molar-refractivity contribution in [2.24, 2.45) is 5.92 Å². The minimum absolute atomic E-state index is 0.0226. The van der Waals surface area contributed by atoms with Crippen molar-refractivity contribution in [2.75, 3.05) is 11.9 Å². The van der Waals surface area contributed by atoms with Gasteiger partial charge in [-0.05, 0) is 30.7 Å². The summed E-state index contributed by atoms with van der Waals surface area (Å²) < 4.78 is 5.37. The highest BCUT2D eigenvalue weighted by molar-refractivity contribution is 6.09. The van der Waals surface area contributed by atoms with Crippen LogP contribution in [0.15, 0.2) is 24.3 Å². The number of aliphatic carboxylic acids is 1. The third kappa shape index (κ3) is 7.19. The Balaban J connectivity index is 2.54. The number of nitriles is 1. The van der Waals surface area contributed by atoms with E-state index in [0.717, 1.165) is 0 Å². The van der Waals surface area contributed by atoms with E-state index in [9.17, 15) is 14.4 Å². The van der Waals surface area contributed by atoms with Crippen molar-refractivity contribution >= 4 is 23.3 Å². The Bertz CT molecular complexity index is 698. The maximum atomic E-state index is 12.0. The van der Waals surface area contributed by atoms with Crippen molar-refractivity contribution in [3.8, 4) is 24.2 Å². The summed E-state index contributed by atoms with van der Waals surface area (Å²) in [6.45, 7) is 0.262. The maximum Gasteiger partial charge on any atom is 0.303 e. The first-order valence-corrected chi connectivity index (χ1v) is 7.59. The zero-order valence-corrected chi connectivity index (χ0v) is 13.5. The number of hydrogen-bond acceptors (Lipinski definition) is 5. The molecule has 0 fully saturated rings. The molecule has 0 spiro atoms. The summed E-state index contributed by atoms with van der Waals surface area (Å²) in [5.41, 5.74) is 0.410. The fourth-order valence-electron chi connectivity index (χ4n) is 1.88. The molecule has 0 radical (unpaired) electrons. The van der Waals surface area contributed by atoms with E-state index in [-0.39, 0.29) is 25.9 Å². The highest BCUT2D eigenvalue weighted by atomic mass is 16.5. The number of ketones is 1. The third-order valence-corrected chi connectivity index (χ3v) is 3.15. The number of hydrogen-bond donors (Lipinski definition) is 2. The number of carbonyl (C=O) groups excluding carboxylic acids is 2. The summed E-state index contributed by atoms with van der Waals surface area (Å²) in [4.78, 5) is 34.2. The van der Waals surface area contributed by atoms with Crippen molar-refractivity contribution in [1.29, 1.82) is 5.26 Å². The Morgan fingerprint density at radius 2 is 1.92 bits per heavy atom. The Morgan fingerprint density at radius 1 is 1.24 bits per heavy atom. The molecule has 1 unspecified atom stereocenters. The first-order chi connectivity index (χ1) is 12.0. The molecule has 1 atom stereocenters.